The highest BCUT2D eigenvalue weighted by molar-refractivity contribution is 6.04. The average molecular weight is 233 g/mol. The number of allylic oxidation sites excluding steroid dienone is 1. The Kier molecular flexibility index (Phi) is 2.87. The molecule has 6 nitrogen and oxygen atoms in total. The topological polar surface area (TPSA) is 86.5 Å². The summed E-state index contributed by atoms with van der Waals surface area (Å²) in [5.74, 6) is -0.492. The van der Waals surface area contributed by atoms with Crippen molar-refractivity contribution < 1.29 is 18.6 Å². The minimum atomic E-state index is -0.701. The van der Waals surface area contributed by atoms with Crippen molar-refractivity contribution in [3.63, 3.8) is 0 Å². The zero-order chi connectivity index (χ0) is 12.3. The number of nitro groups is 1. The Balaban J connectivity index is 2.12. The summed E-state index contributed by atoms with van der Waals surface area (Å²) in [4.78, 5) is 21.2. The van der Waals surface area contributed by atoms with Crippen LogP contribution in [0.5, 0.6) is 0 Å². The van der Waals surface area contributed by atoms with E-state index in [1.165, 1.54) is 24.5 Å². The number of carbonyl (C=O) groups is 1. The smallest absolute Gasteiger partial charge is 0.433 e. The molecule has 0 saturated carbocycles. The molecular weight excluding hydrogens is 226 g/mol. The van der Waals surface area contributed by atoms with Crippen molar-refractivity contribution in [1.29, 1.82) is 0 Å². The standard InChI is InChI=1S/C11H7NO5/c13-9(4-3-8-2-1-7-16-8)10-5-6-11(17-10)12(14)15/h1-7H/b4-3+. The maximum absolute atomic E-state index is 11.5. The first-order valence-corrected chi connectivity index (χ1v) is 4.67. The third-order valence-corrected chi connectivity index (χ3v) is 1.96. The van der Waals surface area contributed by atoms with Gasteiger partial charge in [-0.25, -0.2) is 0 Å². The molecule has 0 atom stereocenters. The van der Waals surface area contributed by atoms with Crippen molar-refractivity contribution in [3.8, 4) is 0 Å². The highest BCUT2D eigenvalue weighted by Gasteiger charge is 2.15. The highest BCUT2D eigenvalue weighted by atomic mass is 16.6. The number of ketones is 1. The van der Waals surface area contributed by atoms with Crippen molar-refractivity contribution in [2.45, 2.75) is 0 Å². The van der Waals surface area contributed by atoms with E-state index in [2.05, 4.69) is 0 Å². The molecule has 0 bridgehead atoms. The fourth-order valence-electron chi connectivity index (χ4n) is 1.18. The molecule has 2 aromatic heterocycles. The Morgan fingerprint density at radius 2 is 2.18 bits per heavy atom. The van der Waals surface area contributed by atoms with E-state index in [0.29, 0.717) is 5.76 Å². The van der Waals surface area contributed by atoms with Gasteiger partial charge >= 0.3 is 5.88 Å². The molecule has 0 aliphatic rings. The second-order valence-electron chi connectivity index (χ2n) is 3.11. The molecule has 17 heavy (non-hydrogen) atoms. The van der Waals surface area contributed by atoms with Crippen LogP contribution in [0.1, 0.15) is 16.3 Å². The molecule has 0 fully saturated rings. The highest BCUT2D eigenvalue weighted by Crippen LogP contribution is 2.16. The van der Waals surface area contributed by atoms with Gasteiger partial charge in [0.15, 0.2) is 5.76 Å². The van der Waals surface area contributed by atoms with E-state index in [1.54, 1.807) is 12.1 Å². The first kappa shape index (κ1) is 10.9. The largest absolute Gasteiger partial charge is 0.465 e. The van der Waals surface area contributed by atoms with E-state index in [0.717, 1.165) is 6.07 Å². The molecule has 0 N–H and O–H groups in total. The Labute approximate surface area is 95.3 Å². The van der Waals surface area contributed by atoms with Crippen LogP contribution in [-0.4, -0.2) is 10.7 Å². The third-order valence-electron chi connectivity index (χ3n) is 1.96. The number of nitrogens with zero attached hydrogens (tertiary/aromatic N) is 1. The zero-order valence-corrected chi connectivity index (χ0v) is 8.53. The van der Waals surface area contributed by atoms with Crippen LogP contribution >= 0.6 is 0 Å². The predicted molar refractivity (Wildman–Crippen MR) is 57.4 cm³/mol. The first-order chi connectivity index (χ1) is 8.16. The monoisotopic (exact) mass is 233 g/mol. The van der Waals surface area contributed by atoms with E-state index in [1.807, 2.05) is 0 Å². The minimum Gasteiger partial charge on any atom is -0.465 e. The van der Waals surface area contributed by atoms with Crippen molar-refractivity contribution in [2.75, 3.05) is 0 Å². The summed E-state index contributed by atoms with van der Waals surface area (Å²) in [7, 11) is 0. The van der Waals surface area contributed by atoms with Crippen molar-refractivity contribution in [1.82, 2.24) is 0 Å². The number of furan rings is 2. The van der Waals surface area contributed by atoms with Gasteiger partial charge in [-0.1, -0.05) is 0 Å². The van der Waals surface area contributed by atoms with Crippen LogP contribution in [0.15, 0.2) is 45.4 Å². The lowest BCUT2D eigenvalue weighted by Gasteiger charge is -1.87. The van der Waals surface area contributed by atoms with Gasteiger partial charge in [-0.05, 0) is 30.4 Å². The van der Waals surface area contributed by atoms with Crippen LogP contribution in [0.25, 0.3) is 6.08 Å². The van der Waals surface area contributed by atoms with Gasteiger partial charge in [-0.2, -0.15) is 0 Å². The molecule has 0 unspecified atom stereocenters. The quantitative estimate of drug-likeness (QED) is 0.350. The van der Waals surface area contributed by atoms with Crippen molar-refractivity contribution in [2.24, 2.45) is 0 Å². The summed E-state index contributed by atoms with van der Waals surface area (Å²) >= 11 is 0. The van der Waals surface area contributed by atoms with Gasteiger partial charge in [-0.3, -0.25) is 14.9 Å². The first-order valence-electron chi connectivity index (χ1n) is 4.67. The van der Waals surface area contributed by atoms with Crippen LogP contribution in [-0.2, 0) is 0 Å². The van der Waals surface area contributed by atoms with E-state index >= 15 is 0 Å². The fourth-order valence-corrected chi connectivity index (χ4v) is 1.18. The SMILES string of the molecule is O=C(/C=C/c1ccco1)c1ccc([N+](=O)[O-])o1. The molecule has 0 aromatic carbocycles. The molecule has 86 valence electrons. The lowest BCUT2D eigenvalue weighted by molar-refractivity contribution is -0.402. The van der Waals surface area contributed by atoms with Crippen molar-refractivity contribution in [3.05, 3.63) is 58.2 Å². The van der Waals surface area contributed by atoms with Gasteiger partial charge in [0.1, 0.15) is 10.7 Å². The van der Waals surface area contributed by atoms with E-state index in [-0.39, 0.29) is 5.76 Å². The van der Waals surface area contributed by atoms with Crippen LogP contribution in [0.2, 0.25) is 0 Å². The summed E-state index contributed by atoms with van der Waals surface area (Å²) in [6.07, 6.45) is 4.15. The zero-order valence-electron chi connectivity index (χ0n) is 8.53. The lowest BCUT2D eigenvalue weighted by atomic mass is 10.2. The molecule has 0 aliphatic heterocycles. The Bertz CT molecular complexity index is 564. The summed E-state index contributed by atoms with van der Waals surface area (Å²) in [6.45, 7) is 0. The van der Waals surface area contributed by atoms with Crippen LogP contribution in [0, 0.1) is 10.1 Å². The maximum Gasteiger partial charge on any atom is 0.433 e. The Hall–Kier alpha value is -2.63. The summed E-state index contributed by atoms with van der Waals surface area (Å²) in [5.41, 5.74) is 0. The molecule has 2 heterocycles. The third kappa shape index (κ3) is 2.49. The second kappa shape index (κ2) is 4.48. The lowest BCUT2D eigenvalue weighted by Crippen LogP contribution is -1.90. The average Bonchev–Trinajstić information content (AvgIpc) is 2.96. The van der Waals surface area contributed by atoms with E-state index in [4.69, 9.17) is 8.83 Å². The van der Waals surface area contributed by atoms with Crippen LogP contribution < -0.4 is 0 Å². The predicted octanol–water partition coefficient (Wildman–Crippen LogP) is 2.68. The Morgan fingerprint density at radius 3 is 2.76 bits per heavy atom. The normalized spacial score (nSPS) is 10.8. The number of carbonyl (C=O) groups excluding carboxylic acids is 1. The number of rotatable bonds is 4. The molecule has 2 aromatic rings. The van der Waals surface area contributed by atoms with E-state index in [9.17, 15) is 14.9 Å². The number of hydrogen-bond donors (Lipinski definition) is 0. The van der Waals surface area contributed by atoms with Gasteiger partial charge in [0.2, 0.25) is 5.78 Å². The molecular formula is C11H7NO5. The van der Waals surface area contributed by atoms with Crippen LogP contribution in [0.4, 0.5) is 5.88 Å². The molecule has 0 amide bonds. The maximum atomic E-state index is 11.5. The molecule has 0 spiro atoms. The summed E-state index contributed by atoms with van der Waals surface area (Å²) in [6, 6.07) is 5.75. The Morgan fingerprint density at radius 1 is 1.35 bits per heavy atom. The summed E-state index contributed by atoms with van der Waals surface area (Å²) in [5, 5.41) is 10.3. The van der Waals surface area contributed by atoms with E-state index < -0.39 is 16.6 Å². The van der Waals surface area contributed by atoms with Gasteiger partial charge in [0.05, 0.1) is 12.3 Å². The fraction of sp³-hybridized carbons (Fsp3) is 0. The summed E-state index contributed by atoms with van der Waals surface area (Å²) < 4.78 is 9.73. The van der Waals surface area contributed by atoms with Gasteiger partial charge in [0.25, 0.3) is 0 Å². The molecule has 2 rings (SSSR count). The molecule has 6 heteroatoms. The second-order valence-corrected chi connectivity index (χ2v) is 3.11. The number of hydrogen-bond acceptors (Lipinski definition) is 5. The van der Waals surface area contributed by atoms with Crippen molar-refractivity contribution >= 4 is 17.7 Å². The minimum absolute atomic E-state index is 0.0838. The van der Waals surface area contributed by atoms with Gasteiger partial charge < -0.3 is 8.83 Å². The van der Waals surface area contributed by atoms with Gasteiger partial charge in [0, 0.05) is 0 Å². The van der Waals surface area contributed by atoms with Crippen LogP contribution in [0.3, 0.4) is 0 Å². The molecule has 0 aliphatic carbocycles. The molecule has 0 saturated heterocycles. The molecule has 0 radical (unpaired) electrons. The van der Waals surface area contributed by atoms with Gasteiger partial charge in [-0.15, -0.1) is 0 Å².